The van der Waals surface area contributed by atoms with Crippen molar-refractivity contribution in [2.24, 2.45) is 5.92 Å². The molecule has 1 atom stereocenters. The van der Waals surface area contributed by atoms with Crippen LogP contribution in [0.25, 0.3) is 0 Å². The summed E-state index contributed by atoms with van der Waals surface area (Å²) in [4.78, 5) is 28.9. The molecule has 0 aromatic heterocycles. The highest BCUT2D eigenvalue weighted by molar-refractivity contribution is 6.31. The summed E-state index contributed by atoms with van der Waals surface area (Å²) in [7, 11) is 0. The topological polar surface area (TPSA) is 49.4 Å². The molecule has 1 unspecified atom stereocenters. The number of hydrogen-bond acceptors (Lipinski definition) is 2. The molecule has 0 fully saturated rings. The standard InChI is InChI=1S/C29H33ClN2O2/c1-21(2)19-31-29(34)27(17-23-11-5-4-6-12-23)32(20-24-13-9-10-22(3)16-24)28(33)18-25-14-7-8-15-26(25)30/h4-16,21,27H,17-20H2,1-3H3,(H,31,34). The number of halogens is 1. The van der Waals surface area contributed by atoms with Gasteiger partial charge in [0.15, 0.2) is 0 Å². The zero-order chi connectivity index (χ0) is 24.5. The maximum atomic E-state index is 13.7. The summed E-state index contributed by atoms with van der Waals surface area (Å²) in [5, 5.41) is 3.60. The molecule has 0 saturated carbocycles. The van der Waals surface area contributed by atoms with Gasteiger partial charge in [0, 0.05) is 24.5 Å². The number of nitrogens with one attached hydrogen (secondary N) is 1. The van der Waals surface area contributed by atoms with Crippen LogP contribution in [0.5, 0.6) is 0 Å². The van der Waals surface area contributed by atoms with Crippen LogP contribution in [0.3, 0.4) is 0 Å². The third-order valence-corrected chi connectivity index (χ3v) is 6.06. The minimum atomic E-state index is -0.642. The lowest BCUT2D eigenvalue weighted by Gasteiger charge is -2.32. The van der Waals surface area contributed by atoms with Crippen molar-refractivity contribution in [2.45, 2.75) is 46.2 Å². The summed E-state index contributed by atoms with van der Waals surface area (Å²) in [5.74, 6) is 0.0401. The van der Waals surface area contributed by atoms with E-state index in [-0.39, 0.29) is 18.2 Å². The summed E-state index contributed by atoms with van der Waals surface area (Å²) in [6.07, 6.45) is 0.569. The highest BCUT2D eigenvalue weighted by Gasteiger charge is 2.30. The number of rotatable bonds is 10. The SMILES string of the molecule is Cc1cccc(CN(C(=O)Cc2ccccc2Cl)C(Cc2ccccc2)C(=O)NCC(C)C)c1. The molecule has 3 aromatic carbocycles. The van der Waals surface area contributed by atoms with Crippen LogP contribution < -0.4 is 5.32 Å². The fourth-order valence-electron chi connectivity index (χ4n) is 3.89. The van der Waals surface area contributed by atoms with Gasteiger partial charge in [0.2, 0.25) is 11.8 Å². The monoisotopic (exact) mass is 476 g/mol. The van der Waals surface area contributed by atoms with Gasteiger partial charge >= 0.3 is 0 Å². The molecular formula is C29H33ClN2O2. The Bertz CT molecular complexity index is 1100. The van der Waals surface area contributed by atoms with Gasteiger partial charge in [0.05, 0.1) is 6.42 Å². The Morgan fingerprint density at radius 2 is 1.59 bits per heavy atom. The van der Waals surface area contributed by atoms with Crippen LogP contribution in [0, 0.1) is 12.8 Å². The van der Waals surface area contributed by atoms with Gasteiger partial charge in [-0.25, -0.2) is 0 Å². The van der Waals surface area contributed by atoms with Crippen LogP contribution in [0.4, 0.5) is 0 Å². The van der Waals surface area contributed by atoms with Crippen LogP contribution in [0.15, 0.2) is 78.9 Å². The van der Waals surface area contributed by atoms with E-state index in [1.54, 1.807) is 11.0 Å². The third kappa shape index (κ3) is 7.46. The lowest BCUT2D eigenvalue weighted by molar-refractivity contribution is -0.140. The van der Waals surface area contributed by atoms with E-state index >= 15 is 0 Å². The summed E-state index contributed by atoms with van der Waals surface area (Å²) >= 11 is 6.36. The number of aryl methyl sites for hydroxylation is 1. The minimum Gasteiger partial charge on any atom is -0.354 e. The highest BCUT2D eigenvalue weighted by Crippen LogP contribution is 2.20. The normalized spacial score (nSPS) is 11.8. The molecular weight excluding hydrogens is 444 g/mol. The lowest BCUT2D eigenvalue weighted by atomic mass is 10.0. The first-order valence-corrected chi connectivity index (χ1v) is 12.1. The molecule has 0 saturated heterocycles. The van der Waals surface area contributed by atoms with E-state index in [0.717, 1.165) is 22.3 Å². The molecule has 0 aliphatic heterocycles. The minimum absolute atomic E-state index is 0.129. The molecule has 0 radical (unpaired) electrons. The Morgan fingerprint density at radius 3 is 2.26 bits per heavy atom. The van der Waals surface area contributed by atoms with Gasteiger partial charge in [-0.1, -0.05) is 104 Å². The van der Waals surface area contributed by atoms with Crippen molar-refractivity contribution in [1.82, 2.24) is 10.2 Å². The van der Waals surface area contributed by atoms with Gasteiger partial charge in [-0.15, -0.1) is 0 Å². The average Bonchev–Trinajstić information content (AvgIpc) is 2.82. The molecule has 0 heterocycles. The van der Waals surface area contributed by atoms with Crippen molar-refractivity contribution in [3.63, 3.8) is 0 Å². The molecule has 1 N–H and O–H groups in total. The third-order valence-electron chi connectivity index (χ3n) is 5.69. The number of benzene rings is 3. The van der Waals surface area contributed by atoms with E-state index in [4.69, 9.17) is 11.6 Å². The summed E-state index contributed by atoms with van der Waals surface area (Å²) in [6.45, 7) is 7.04. The molecule has 2 amide bonds. The first-order valence-electron chi connectivity index (χ1n) is 11.7. The van der Waals surface area contributed by atoms with E-state index in [1.807, 2.05) is 73.7 Å². The second-order valence-corrected chi connectivity index (χ2v) is 9.53. The number of nitrogens with zero attached hydrogens (tertiary/aromatic N) is 1. The molecule has 0 spiro atoms. The Balaban J connectivity index is 1.97. The maximum Gasteiger partial charge on any atom is 0.243 e. The molecule has 4 nitrogen and oxygen atoms in total. The fraction of sp³-hybridized carbons (Fsp3) is 0.310. The predicted molar refractivity (Wildman–Crippen MR) is 139 cm³/mol. The van der Waals surface area contributed by atoms with Crippen LogP contribution in [-0.4, -0.2) is 29.3 Å². The molecule has 0 aliphatic rings. The predicted octanol–water partition coefficient (Wildman–Crippen LogP) is 5.60. The first kappa shape index (κ1) is 25.5. The van der Waals surface area contributed by atoms with Crippen molar-refractivity contribution < 1.29 is 9.59 Å². The smallest absolute Gasteiger partial charge is 0.243 e. The number of hydrogen-bond donors (Lipinski definition) is 1. The zero-order valence-electron chi connectivity index (χ0n) is 20.1. The van der Waals surface area contributed by atoms with Crippen molar-refractivity contribution in [1.29, 1.82) is 0 Å². The van der Waals surface area contributed by atoms with E-state index < -0.39 is 6.04 Å². The van der Waals surface area contributed by atoms with Crippen LogP contribution >= 0.6 is 11.6 Å². The Labute approximate surface area is 207 Å². The van der Waals surface area contributed by atoms with Gasteiger partial charge in [0.1, 0.15) is 6.04 Å². The molecule has 0 aliphatic carbocycles. The van der Waals surface area contributed by atoms with E-state index in [1.165, 1.54) is 0 Å². The second-order valence-electron chi connectivity index (χ2n) is 9.12. The summed E-state index contributed by atoms with van der Waals surface area (Å²) in [5.41, 5.74) is 3.86. The van der Waals surface area contributed by atoms with E-state index in [2.05, 4.69) is 25.2 Å². The second kappa shape index (κ2) is 12.4. The van der Waals surface area contributed by atoms with Crippen molar-refractivity contribution in [2.75, 3.05) is 6.54 Å². The average molecular weight is 477 g/mol. The van der Waals surface area contributed by atoms with Gasteiger partial charge in [0.25, 0.3) is 0 Å². The Morgan fingerprint density at radius 1 is 0.912 bits per heavy atom. The summed E-state index contributed by atoms with van der Waals surface area (Å²) in [6, 6.07) is 24.6. The number of carbonyl (C=O) groups is 2. The van der Waals surface area contributed by atoms with Crippen molar-refractivity contribution in [3.8, 4) is 0 Å². The van der Waals surface area contributed by atoms with Crippen molar-refractivity contribution in [3.05, 3.63) is 106 Å². The molecule has 3 aromatic rings. The largest absolute Gasteiger partial charge is 0.354 e. The van der Waals surface area contributed by atoms with E-state index in [9.17, 15) is 9.59 Å². The Kier molecular flexibility index (Phi) is 9.29. The molecule has 178 valence electrons. The number of amides is 2. The molecule has 5 heteroatoms. The maximum absolute atomic E-state index is 13.7. The fourth-order valence-corrected chi connectivity index (χ4v) is 4.09. The lowest BCUT2D eigenvalue weighted by Crippen LogP contribution is -2.51. The van der Waals surface area contributed by atoms with Gasteiger partial charge in [-0.3, -0.25) is 9.59 Å². The molecule has 0 bridgehead atoms. The van der Waals surface area contributed by atoms with Crippen LogP contribution in [0.1, 0.15) is 36.1 Å². The molecule has 34 heavy (non-hydrogen) atoms. The first-order chi connectivity index (χ1) is 16.3. The van der Waals surface area contributed by atoms with E-state index in [0.29, 0.717) is 30.5 Å². The van der Waals surface area contributed by atoms with Crippen LogP contribution in [-0.2, 0) is 29.0 Å². The van der Waals surface area contributed by atoms with Gasteiger partial charge in [-0.05, 0) is 35.6 Å². The van der Waals surface area contributed by atoms with Gasteiger partial charge in [-0.2, -0.15) is 0 Å². The van der Waals surface area contributed by atoms with Gasteiger partial charge < -0.3 is 10.2 Å². The quantitative estimate of drug-likeness (QED) is 0.414. The molecule has 3 rings (SSSR count). The number of carbonyl (C=O) groups excluding carboxylic acids is 2. The Hall–Kier alpha value is -3.11. The zero-order valence-corrected chi connectivity index (χ0v) is 20.9. The van der Waals surface area contributed by atoms with Crippen molar-refractivity contribution >= 4 is 23.4 Å². The van der Waals surface area contributed by atoms with Crippen LogP contribution in [0.2, 0.25) is 5.02 Å². The highest BCUT2D eigenvalue weighted by atomic mass is 35.5. The summed E-state index contributed by atoms with van der Waals surface area (Å²) < 4.78 is 0.